The van der Waals surface area contributed by atoms with E-state index in [0.717, 1.165) is 18.2 Å². The van der Waals surface area contributed by atoms with Gasteiger partial charge in [-0.3, -0.25) is 14.9 Å². The normalized spacial score (nSPS) is 11.5. The molecule has 6 nitrogen and oxygen atoms in total. The molecule has 1 aromatic carbocycles. The number of rotatable bonds is 4. The first kappa shape index (κ1) is 16.7. The van der Waals surface area contributed by atoms with Crippen molar-refractivity contribution in [2.45, 2.75) is 26.1 Å². The van der Waals surface area contributed by atoms with Gasteiger partial charge in [-0.1, -0.05) is 0 Å². The predicted molar refractivity (Wildman–Crippen MR) is 67.0 cm³/mol. The number of hydrogen-bond acceptors (Lipinski definition) is 4. The Labute approximate surface area is 117 Å². The monoisotopic (exact) mass is 306 g/mol. The SMILES string of the molecule is CC(C)N(CC(F)(F)F)C(=O)c1ccc([N+](=O)[O-])c(O)c1. The zero-order chi connectivity index (χ0) is 16.4. The highest BCUT2D eigenvalue weighted by atomic mass is 19.4. The molecule has 0 aliphatic heterocycles. The fourth-order valence-corrected chi connectivity index (χ4v) is 1.66. The van der Waals surface area contributed by atoms with Gasteiger partial charge in [0.05, 0.1) is 4.92 Å². The standard InChI is InChI=1S/C12H13F3N2O4/c1-7(2)16(6-12(13,14)15)11(19)8-3-4-9(17(20)21)10(18)5-8/h3-5,7,18H,6H2,1-2H3. The summed E-state index contributed by atoms with van der Waals surface area (Å²) in [6.07, 6.45) is -4.57. The van der Waals surface area contributed by atoms with Crippen LogP contribution < -0.4 is 0 Å². The van der Waals surface area contributed by atoms with Gasteiger partial charge in [-0.15, -0.1) is 0 Å². The minimum absolute atomic E-state index is 0.254. The van der Waals surface area contributed by atoms with Crippen LogP contribution in [-0.4, -0.2) is 39.6 Å². The Balaban J connectivity index is 3.10. The van der Waals surface area contributed by atoms with Gasteiger partial charge in [0.1, 0.15) is 6.54 Å². The molecule has 0 heterocycles. The maximum absolute atomic E-state index is 12.5. The molecule has 0 aliphatic rings. The second-order valence-corrected chi connectivity index (χ2v) is 4.60. The lowest BCUT2D eigenvalue weighted by atomic mass is 10.1. The van der Waals surface area contributed by atoms with E-state index >= 15 is 0 Å². The van der Waals surface area contributed by atoms with Gasteiger partial charge in [0.15, 0.2) is 5.75 Å². The highest BCUT2D eigenvalue weighted by molar-refractivity contribution is 5.95. The Morgan fingerprint density at radius 1 is 1.43 bits per heavy atom. The molecule has 9 heteroatoms. The molecule has 0 atom stereocenters. The zero-order valence-corrected chi connectivity index (χ0v) is 11.2. The number of nitro benzene ring substituents is 1. The van der Waals surface area contributed by atoms with E-state index in [0.29, 0.717) is 4.90 Å². The maximum Gasteiger partial charge on any atom is 0.406 e. The van der Waals surface area contributed by atoms with Gasteiger partial charge in [0.2, 0.25) is 0 Å². The van der Waals surface area contributed by atoms with E-state index < -0.39 is 41.0 Å². The van der Waals surface area contributed by atoms with Crippen molar-refractivity contribution in [3.05, 3.63) is 33.9 Å². The van der Waals surface area contributed by atoms with Crippen LogP contribution in [0.2, 0.25) is 0 Å². The van der Waals surface area contributed by atoms with E-state index in [1.54, 1.807) is 0 Å². The predicted octanol–water partition coefficient (Wildman–Crippen LogP) is 2.71. The molecule has 0 saturated carbocycles. The number of aromatic hydroxyl groups is 1. The summed E-state index contributed by atoms with van der Waals surface area (Å²) in [5, 5.41) is 20.0. The number of amides is 1. The Morgan fingerprint density at radius 2 is 2.00 bits per heavy atom. The summed E-state index contributed by atoms with van der Waals surface area (Å²) >= 11 is 0. The van der Waals surface area contributed by atoms with Crippen molar-refractivity contribution in [2.75, 3.05) is 6.54 Å². The molecule has 1 amide bonds. The van der Waals surface area contributed by atoms with Crippen molar-refractivity contribution in [3.8, 4) is 5.75 Å². The zero-order valence-electron chi connectivity index (χ0n) is 11.2. The first-order valence-electron chi connectivity index (χ1n) is 5.88. The summed E-state index contributed by atoms with van der Waals surface area (Å²) in [5.41, 5.74) is -0.880. The van der Waals surface area contributed by atoms with Crippen molar-refractivity contribution in [2.24, 2.45) is 0 Å². The average Bonchev–Trinajstić information content (AvgIpc) is 2.33. The molecule has 116 valence electrons. The first-order chi connectivity index (χ1) is 9.53. The fourth-order valence-electron chi connectivity index (χ4n) is 1.66. The Bertz CT molecular complexity index is 558. The summed E-state index contributed by atoms with van der Waals surface area (Å²) in [4.78, 5) is 22.3. The van der Waals surface area contributed by atoms with E-state index in [1.165, 1.54) is 13.8 Å². The van der Waals surface area contributed by atoms with Crippen LogP contribution in [0, 0.1) is 10.1 Å². The van der Waals surface area contributed by atoms with Gasteiger partial charge >= 0.3 is 11.9 Å². The first-order valence-corrected chi connectivity index (χ1v) is 5.88. The molecular weight excluding hydrogens is 293 g/mol. The van der Waals surface area contributed by atoms with Crippen molar-refractivity contribution in [3.63, 3.8) is 0 Å². The Morgan fingerprint density at radius 3 is 2.38 bits per heavy atom. The highest BCUT2D eigenvalue weighted by Gasteiger charge is 2.34. The number of hydrogen-bond donors (Lipinski definition) is 1. The third kappa shape index (κ3) is 4.33. The second-order valence-electron chi connectivity index (χ2n) is 4.60. The number of phenolic OH excluding ortho intramolecular Hbond substituents is 1. The minimum Gasteiger partial charge on any atom is -0.502 e. The topological polar surface area (TPSA) is 83.7 Å². The van der Waals surface area contributed by atoms with Crippen LogP contribution in [0.4, 0.5) is 18.9 Å². The van der Waals surface area contributed by atoms with E-state index in [-0.39, 0.29) is 5.56 Å². The van der Waals surface area contributed by atoms with Crippen LogP contribution in [0.25, 0.3) is 0 Å². The van der Waals surface area contributed by atoms with Crippen LogP contribution in [0.5, 0.6) is 5.75 Å². The van der Waals surface area contributed by atoms with Gasteiger partial charge in [-0.2, -0.15) is 13.2 Å². The summed E-state index contributed by atoms with van der Waals surface area (Å²) in [7, 11) is 0. The number of nitrogens with zero attached hydrogens (tertiary/aromatic N) is 2. The van der Waals surface area contributed by atoms with Crippen LogP contribution >= 0.6 is 0 Å². The molecule has 1 rings (SSSR count). The summed E-state index contributed by atoms with van der Waals surface area (Å²) in [5.74, 6) is -1.74. The molecule has 0 fully saturated rings. The lowest BCUT2D eigenvalue weighted by Crippen LogP contribution is -2.43. The van der Waals surface area contributed by atoms with E-state index in [1.807, 2.05) is 0 Å². The lowest BCUT2D eigenvalue weighted by molar-refractivity contribution is -0.385. The molecule has 1 aromatic rings. The number of nitro groups is 1. The number of halogens is 3. The number of carbonyl (C=O) groups is 1. The molecule has 21 heavy (non-hydrogen) atoms. The van der Waals surface area contributed by atoms with Gasteiger partial charge < -0.3 is 10.0 Å². The van der Waals surface area contributed by atoms with Gasteiger partial charge in [0, 0.05) is 17.7 Å². The molecule has 0 bridgehead atoms. The van der Waals surface area contributed by atoms with Crippen LogP contribution in [-0.2, 0) is 0 Å². The number of phenols is 1. The molecule has 0 spiro atoms. The maximum atomic E-state index is 12.5. The quantitative estimate of drug-likeness (QED) is 0.684. The van der Waals surface area contributed by atoms with E-state index in [4.69, 9.17) is 0 Å². The van der Waals surface area contributed by atoms with Gasteiger partial charge in [0.25, 0.3) is 5.91 Å². The largest absolute Gasteiger partial charge is 0.502 e. The smallest absolute Gasteiger partial charge is 0.406 e. The van der Waals surface area contributed by atoms with Crippen molar-refractivity contribution in [1.29, 1.82) is 0 Å². The lowest BCUT2D eigenvalue weighted by Gasteiger charge is -2.27. The second kappa shape index (κ2) is 5.98. The molecular formula is C12H13F3N2O4. The summed E-state index contributed by atoms with van der Waals surface area (Å²) in [6, 6.07) is 1.93. The number of benzene rings is 1. The van der Waals surface area contributed by atoms with Crippen molar-refractivity contribution < 1.29 is 28.0 Å². The molecule has 1 N–H and O–H groups in total. The number of alkyl halides is 3. The minimum atomic E-state index is -4.57. The molecule has 0 aliphatic carbocycles. The Hall–Kier alpha value is -2.32. The van der Waals surface area contributed by atoms with Crippen molar-refractivity contribution >= 4 is 11.6 Å². The molecule has 0 saturated heterocycles. The summed E-state index contributed by atoms with van der Waals surface area (Å²) < 4.78 is 37.4. The number of carbonyl (C=O) groups excluding carboxylic acids is 1. The average molecular weight is 306 g/mol. The molecule has 0 unspecified atom stereocenters. The third-order valence-electron chi connectivity index (χ3n) is 2.65. The van der Waals surface area contributed by atoms with E-state index in [2.05, 4.69) is 0 Å². The van der Waals surface area contributed by atoms with Crippen LogP contribution in [0.3, 0.4) is 0 Å². The Kier molecular flexibility index (Phi) is 4.77. The summed E-state index contributed by atoms with van der Waals surface area (Å²) in [6.45, 7) is 1.38. The van der Waals surface area contributed by atoms with Crippen LogP contribution in [0.1, 0.15) is 24.2 Å². The van der Waals surface area contributed by atoms with Gasteiger partial charge in [-0.05, 0) is 26.0 Å². The van der Waals surface area contributed by atoms with Crippen LogP contribution in [0.15, 0.2) is 18.2 Å². The molecule has 0 radical (unpaired) electrons. The highest BCUT2D eigenvalue weighted by Crippen LogP contribution is 2.27. The molecule has 0 aromatic heterocycles. The van der Waals surface area contributed by atoms with E-state index in [9.17, 15) is 33.2 Å². The fraction of sp³-hybridized carbons (Fsp3) is 0.417. The van der Waals surface area contributed by atoms with Gasteiger partial charge in [-0.25, -0.2) is 0 Å². The van der Waals surface area contributed by atoms with Crippen molar-refractivity contribution in [1.82, 2.24) is 4.90 Å². The third-order valence-corrected chi connectivity index (χ3v) is 2.65.